The second-order valence-electron chi connectivity index (χ2n) is 6.23. The van der Waals surface area contributed by atoms with Gasteiger partial charge < -0.3 is 4.57 Å². The van der Waals surface area contributed by atoms with E-state index in [0.29, 0.717) is 0 Å². The molecule has 3 nitrogen and oxygen atoms in total. The number of fused-ring (bicyclic) bond motifs is 3. The zero-order chi connectivity index (χ0) is 16.8. The van der Waals surface area contributed by atoms with Crippen LogP contribution in [0, 0.1) is 0 Å². The molecule has 0 spiro atoms. The Morgan fingerprint density at radius 1 is 0.760 bits per heavy atom. The van der Waals surface area contributed by atoms with Crippen LogP contribution in [0.2, 0.25) is 0 Å². The van der Waals surface area contributed by atoms with Crippen molar-refractivity contribution in [1.29, 1.82) is 0 Å². The van der Waals surface area contributed by atoms with Gasteiger partial charge in [0.1, 0.15) is 5.82 Å². The lowest BCUT2D eigenvalue weighted by atomic mass is 10.1. The van der Waals surface area contributed by atoms with E-state index < -0.39 is 0 Å². The predicted octanol–water partition coefficient (Wildman–Crippen LogP) is 5.18. The van der Waals surface area contributed by atoms with Crippen molar-refractivity contribution in [2.45, 2.75) is 0 Å². The second-order valence-corrected chi connectivity index (χ2v) is 6.23. The largest absolute Gasteiger partial charge is 0.344 e. The van der Waals surface area contributed by atoms with Crippen molar-refractivity contribution >= 4 is 21.8 Å². The van der Waals surface area contributed by atoms with Crippen LogP contribution in [-0.2, 0) is 7.05 Å². The third kappa shape index (κ3) is 2.02. The minimum atomic E-state index is 0.959. The van der Waals surface area contributed by atoms with Crippen molar-refractivity contribution in [1.82, 2.24) is 14.1 Å². The van der Waals surface area contributed by atoms with Crippen molar-refractivity contribution in [2.24, 2.45) is 7.05 Å². The first-order valence-corrected chi connectivity index (χ1v) is 8.40. The topological polar surface area (TPSA) is 22.8 Å². The molecule has 2 aromatic heterocycles. The molecule has 0 unspecified atom stereocenters. The van der Waals surface area contributed by atoms with Crippen molar-refractivity contribution < 1.29 is 0 Å². The second kappa shape index (κ2) is 5.35. The average molecular weight is 323 g/mol. The molecule has 0 amide bonds. The van der Waals surface area contributed by atoms with Gasteiger partial charge in [-0.3, -0.25) is 4.57 Å². The van der Waals surface area contributed by atoms with Crippen LogP contribution in [-0.4, -0.2) is 14.1 Å². The summed E-state index contributed by atoms with van der Waals surface area (Å²) in [5.74, 6) is 0.959. The Hall–Kier alpha value is -3.33. The molecule has 0 saturated heterocycles. The van der Waals surface area contributed by atoms with Gasteiger partial charge in [-0.2, -0.15) is 0 Å². The summed E-state index contributed by atoms with van der Waals surface area (Å²) in [6, 6.07) is 25.3. The number of aryl methyl sites for hydroxylation is 1. The maximum Gasteiger partial charge on any atom is 0.144 e. The summed E-state index contributed by atoms with van der Waals surface area (Å²) in [6.45, 7) is 0. The van der Waals surface area contributed by atoms with Crippen LogP contribution in [0.25, 0.3) is 38.9 Å². The molecule has 0 N–H and O–H groups in total. The number of rotatable bonds is 2. The van der Waals surface area contributed by atoms with Crippen molar-refractivity contribution in [3.8, 4) is 17.1 Å². The van der Waals surface area contributed by atoms with Gasteiger partial charge in [-0.25, -0.2) is 4.98 Å². The Balaban J connectivity index is 1.87. The van der Waals surface area contributed by atoms with Gasteiger partial charge in [0.05, 0.1) is 11.2 Å². The minimum absolute atomic E-state index is 0.959. The molecule has 3 heteroatoms. The van der Waals surface area contributed by atoms with Gasteiger partial charge in [-0.15, -0.1) is 0 Å². The highest BCUT2D eigenvalue weighted by Crippen LogP contribution is 2.34. The normalized spacial score (nSPS) is 11.4. The lowest BCUT2D eigenvalue weighted by Crippen LogP contribution is -1.97. The highest BCUT2D eigenvalue weighted by molar-refractivity contribution is 6.12. The number of aromatic nitrogens is 3. The summed E-state index contributed by atoms with van der Waals surface area (Å²) in [7, 11) is 2.13. The molecule has 3 aromatic carbocycles. The van der Waals surface area contributed by atoms with Gasteiger partial charge in [0.15, 0.2) is 0 Å². The van der Waals surface area contributed by atoms with Crippen molar-refractivity contribution in [2.75, 3.05) is 0 Å². The summed E-state index contributed by atoms with van der Waals surface area (Å²) >= 11 is 0. The van der Waals surface area contributed by atoms with E-state index in [1.54, 1.807) is 0 Å². The van der Waals surface area contributed by atoms with Gasteiger partial charge in [0.2, 0.25) is 0 Å². The SMILES string of the molecule is Cn1c2ccccc2c2c(-n3ccnc3-c3ccccc3)cccc21. The molecule has 5 aromatic rings. The first kappa shape index (κ1) is 14.1. The molecule has 0 bridgehead atoms. The molecule has 0 aliphatic rings. The molecular weight excluding hydrogens is 306 g/mol. The third-order valence-electron chi connectivity index (χ3n) is 4.85. The summed E-state index contributed by atoms with van der Waals surface area (Å²) in [4.78, 5) is 4.61. The minimum Gasteiger partial charge on any atom is -0.344 e. The number of nitrogens with zero attached hydrogens (tertiary/aromatic N) is 3. The molecule has 25 heavy (non-hydrogen) atoms. The summed E-state index contributed by atoms with van der Waals surface area (Å²) in [5.41, 5.74) is 4.74. The molecule has 0 fully saturated rings. The van der Waals surface area contributed by atoms with Crippen LogP contribution in [0.15, 0.2) is 85.2 Å². The Morgan fingerprint density at radius 3 is 2.40 bits per heavy atom. The highest BCUT2D eigenvalue weighted by Gasteiger charge is 2.15. The van der Waals surface area contributed by atoms with Gasteiger partial charge >= 0.3 is 0 Å². The maximum atomic E-state index is 4.61. The molecular formula is C22H17N3. The van der Waals surface area contributed by atoms with Gasteiger partial charge in [0.25, 0.3) is 0 Å². The highest BCUT2D eigenvalue weighted by atomic mass is 15.1. The Kier molecular flexibility index (Phi) is 3.01. The number of hydrogen-bond donors (Lipinski definition) is 0. The molecule has 0 aliphatic carbocycles. The zero-order valence-electron chi connectivity index (χ0n) is 13.9. The fourth-order valence-corrected chi connectivity index (χ4v) is 3.69. The van der Waals surface area contributed by atoms with E-state index in [9.17, 15) is 0 Å². The fraction of sp³-hybridized carbons (Fsp3) is 0.0455. The lowest BCUT2D eigenvalue weighted by Gasteiger charge is -2.10. The molecule has 5 rings (SSSR count). The summed E-state index contributed by atoms with van der Waals surface area (Å²) in [6.07, 6.45) is 3.91. The predicted molar refractivity (Wildman–Crippen MR) is 103 cm³/mol. The average Bonchev–Trinajstić information content (AvgIpc) is 3.27. The van der Waals surface area contributed by atoms with Crippen LogP contribution in [0.1, 0.15) is 0 Å². The summed E-state index contributed by atoms with van der Waals surface area (Å²) < 4.78 is 4.44. The smallest absolute Gasteiger partial charge is 0.144 e. The molecule has 0 aliphatic heterocycles. The maximum absolute atomic E-state index is 4.61. The van der Waals surface area contributed by atoms with E-state index in [2.05, 4.69) is 75.8 Å². The molecule has 0 atom stereocenters. The Morgan fingerprint density at radius 2 is 1.52 bits per heavy atom. The van der Waals surface area contributed by atoms with E-state index in [-0.39, 0.29) is 0 Å². The van der Waals surface area contributed by atoms with E-state index in [1.807, 2.05) is 30.6 Å². The monoisotopic (exact) mass is 323 g/mol. The van der Waals surface area contributed by atoms with Crippen LogP contribution in [0.5, 0.6) is 0 Å². The zero-order valence-corrected chi connectivity index (χ0v) is 13.9. The van der Waals surface area contributed by atoms with Gasteiger partial charge in [0, 0.05) is 41.3 Å². The van der Waals surface area contributed by atoms with Crippen molar-refractivity contribution in [3.05, 3.63) is 85.2 Å². The van der Waals surface area contributed by atoms with E-state index >= 15 is 0 Å². The molecule has 120 valence electrons. The third-order valence-corrected chi connectivity index (χ3v) is 4.85. The van der Waals surface area contributed by atoms with Gasteiger partial charge in [-0.05, 0) is 18.2 Å². The van der Waals surface area contributed by atoms with E-state index in [1.165, 1.54) is 21.8 Å². The summed E-state index contributed by atoms with van der Waals surface area (Å²) in [5, 5.41) is 2.53. The van der Waals surface area contributed by atoms with Crippen LogP contribution in [0.4, 0.5) is 0 Å². The first-order chi connectivity index (χ1) is 12.3. The molecule has 2 heterocycles. The molecule has 0 radical (unpaired) electrons. The number of para-hydroxylation sites is 1. The quantitative estimate of drug-likeness (QED) is 0.439. The first-order valence-electron chi connectivity index (χ1n) is 8.40. The fourth-order valence-electron chi connectivity index (χ4n) is 3.69. The number of benzene rings is 3. The molecule has 0 saturated carbocycles. The van der Waals surface area contributed by atoms with Crippen molar-refractivity contribution in [3.63, 3.8) is 0 Å². The number of imidazole rings is 1. The van der Waals surface area contributed by atoms with Crippen LogP contribution >= 0.6 is 0 Å². The van der Waals surface area contributed by atoms with Crippen LogP contribution in [0.3, 0.4) is 0 Å². The number of hydrogen-bond acceptors (Lipinski definition) is 1. The standard InChI is InChI=1S/C22H17N3/c1-24-18-11-6-5-10-17(18)21-19(24)12-7-13-20(21)25-15-14-23-22(25)16-8-3-2-4-9-16/h2-15H,1H3. The van der Waals surface area contributed by atoms with E-state index in [4.69, 9.17) is 0 Å². The van der Waals surface area contributed by atoms with Gasteiger partial charge in [-0.1, -0.05) is 54.6 Å². The lowest BCUT2D eigenvalue weighted by molar-refractivity contribution is 1.01. The Labute approximate surface area is 145 Å². The van der Waals surface area contributed by atoms with Crippen LogP contribution < -0.4 is 0 Å². The van der Waals surface area contributed by atoms with E-state index in [0.717, 1.165) is 17.1 Å². The Bertz CT molecular complexity index is 1200.